The van der Waals surface area contributed by atoms with E-state index in [4.69, 9.17) is 10.5 Å². The van der Waals surface area contributed by atoms with E-state index in [0.717, 1.165) is 0 Å². The minimum absolute atomic E-state index is 0.0394. The molecular formula is C8H12N4O2. The number of nitrogens with two attached hydrogens (primary N) is 1. The predicted molar refractivity (Wildman–Crippen MR) is 47.6 cm³/mol. The molecule has 1 aliphatic rings. The van der Waals surface area contributed by atoms with Crippen molar-refractivity contribution in [1.82, 2.24) is 15.0 Å². The lowest BCUT2D eigenvalue weighted by molar-refractivity contribution is 0.0886. The van der Waals surface area contributed by atoms with E-state index in [1.165, 1.54) is 10.9 Å². The first-order valence-corrected chi connectivity index (χ1v) is 4.42. The van der Waals surface area contributed by atoms with Crippen molar-refractivity contribution in [3.05, 3.63) is 11.9 Å². The number of hydrogen-bond donors (Lipinski definition) is 1. The molecule has 1 aliphatic heterocycles. The Morgan fingerprint density at radius 1 is 1.71 bits per heavy atom. The van der Waals surface area contributed by atoms with Gasteiger partial charge in [0, 0.05) is 13.1 Å². The minimum atomic E-state index is -0.257. The van der Waals surface area contributed by atoms with Crippen molar-refractivity contribution in [2.45, 2.75) is 6.04 Å². The molecule has 2 N–H and O–H groups in total. The van der Waals surface area contributed by atoms with Crippen LogP contribution in [0.3, 0.4) is 0 Å². The Labute approximate surface area is 81.0 Å². The van der Waals surface area contributed by atoms with E-state index in [1.54, 1.807) is 7.05 Å². The number of carbonyl (C=O) groups is 1. The highest BCUT2D eigenvalue weighted by Crippen LogP contribution is 2.16. The molecule has 2 unspecified atom stereocenters. The first-order valence-electron chi connectivity index (χ1n) is 4.42. The van der Waals surface area contributed by atoms with Gasteiger partial charge in [-0.25, -0.2) is 4.68 Å². The van der Waals surface area contributed by atoms with Crippen LogP contribution in [-0.4, -0.2) is 40.0 Å². The van der Waals surface area contributed by atoms with Crippen molar-refractivity contribution in [3.63, 3.8) is 0 Å². The van der Waals surface area contributed by atoms with Crippen molar-refractivity contribution in [2.24, 2.45) is 18.7 Å². The molecule has 2 heterocycles. The SMILES string of the molecule is Cn1nncc1C(=O)C1COCC1N. The number of Topliss-reactive ketones (excluding diaryl/α,β-unsaturated/α-hetero) is 1. The Balaban J connectivity index is 2.20. The molecular weight excluding hydrogens is 184 g/mol. The van der Waals surface area contributed by atoms with Gasteiger partial charge in [-0.1, -0.05) is 5.21 Å². The van der Waals surface area contributed by atoms with Gasteiger partial charge in [0.15, 0.2) is 5.78 Å². The summed E-state index contributed by atoms with van der Waals surface area (Å²) < 4.78 is 6.58. The second-order valence-electron chi connectivity index (χ2n) is 3.41. The van der Waals surface area contributed by atoms with Crippen molar-refractivity contribution in [3.8, 4) is 0 Å². The van der Waals surface area contributed by atoms with Gasteiger partial charge in [0.2, 0.25) is 0 Å². The fraction of sp³-hybridized carbons (Fsp3) is 0.625. The third-order valence-corrected chi connectivity index (χ3v) is 2.43. The van der Waals surface area contributed by atoms with Crippen LogP contribution in [0.5, 0.6) is 0 Å². The molecule has 6 nitrogen and oxygen atoms in total. The lowest BCUT2D eigenvalue weighted by atomic mass is 9.97. The zero-order valence-electron chi connectivity index (χ0n) is 7.88. The summed E-state index contributed by atoms with van der Waals surface area (Å²) >= 11 is 0. The molecule has 1 saturated heterocycles. The lowest BCUT2D eigenvalue weighted by Crippen LogP contribution is -2.34. The topological polar surface area (TPSA) is 83.0 Å². The highest BCUT2D eigenvalue weighted by molar-refractivity contribution is 5.96. The summed E-state index contributed by atoms with van der Waals surface area (Å²) in [5, 5.41) is 7.35. The van der Waals surface area contributed by atoms with E-state index in [1.807, 2.05) is 0 Å². The maximum atomic E-state index is 11.9. The molecule has 1 aromatic heterocycles. The van der Waals surface area contributed by atoms with Crippen LogP contribution >= 0.6 is 0 Å². The Morgan fingerprint density at radius 2 is 2.50 bits per heavy atom. The maximum Gasteiger partial charge on any atom is 0.189 e. The molecule has 14 heavy (non-hydrogen) atoms. The van der Waals surface area contributed by atoms with Crippen LogP contribution in [0.15, 0.2) is 6.20 Å². The van der Waals surface area contributed by atoms with Gasteiger partial charge in [0.05, 0.1) is 25.3 Å². The van der Waals surface area contributed by atoms with Crippen LogP contribution in [0.1, 0.15) is 10.5 Å². The quantitative estimate of drug-likeness (QED) is 0.611. The fourth-order valence-electron chi connectivity index (χ4n) is 1.54. The van der Waals surface area contributed by atoms with Crippen LogP contribution in [0.2, 0.25) is 0 Å². The van der Waals surface area contributed by atoms with Crippen LogP contribution in [0.25, 0.3) is 0 Å². The van der Waals surface area contributed by atoms with Gasteiger partial charge >= 0.3 is 0 Å². The third-order valence-electron chi connectivity index (χ3n) is 2.43. The molecule has 2 rings (SSSR count). The summed E-state index contributed by atoms with van der Waals surface area (Å²) in [5.41, 5.74) is 6.22. The molecule has 0 saturated carbocycles. The zero-order valence-corrected chi connectivity index (χ0v) is 7.88. The summed E-state index contributed by atoms with van der Waals surface area (Å²) in [6, 6.07) is -0.211. The highest BCUT2D eigenvalue weighted by atomic mass is 16.5. The molecule has 6 heteroatoms. The van der Waals surface area contributed by atoms with Gasteiger partial charge in [-0.2, -0.15) is 0 Å². The molecule has 0 radical (unpaired) electrons. The first kappa shape index (κ1) is 9.29. The molecule has 0 amide bonds. The maximum absolute atomic E-state index is 11.9. The molecule has 0 spiro atoms. The van der Waals surface area contributed by atoms with E-state index in [0.29, 0.717) is 18.9 Å². The largest absolute Gasteiger partial charge is 0.379 e. The summed E-state index contributed by atoms with van der Waals surface area (Å²) in [6.45, 7) is 0.840. The van der Waals surface area contributed by atoms with E-state index in [-0.39, 0.29) is 17.7 Å². The predicted octanol–water partition coefficient (Wildman–Crippen LogP) is -1.03. The van der Waals surface area contributed by atoms with E-state index >= 15 is 0 Å². The number of nitrogens with zero attached hydrogens (tertiary/aromatic N) is 3. The first-order chi connectivity index (χ1) is 6.70. The summed E-state index contributed by atoms with van der Waals surface area (Å²) in [5.74, 6) is -0.297. The van der Waals surface area contributed by atoms with Crippen molar-refractivity contribution in [2.75, 3.05) is 13.2 Å². The Kier molecular flexibility index (Phi) is 2.30. The number of carbonyl (C=O) groups excluding carboxylic acids is 1. The number of aryl methyl sites for hydroxylation is 1. The average molecular weight is 196 g/mol. The van der Waals surface area contributed by atoms with Gasteiger partial charge in [-0.3, -0.25) is 4.79 Å². The number of ether oxygens (including phenoxy) is 1. The van der Waals surface area contributed by atoms with Gasteiger partial charge in [0.1, 0.15) is 5.69 Å². The van der Waals surface area contributed by atoms with E-state index < -0.39 is 0 Å². The average Bonchev–Trinajstić information content (AvgIpc) is 2.73. The highest BCUT2D eigenvalue weighted by Gasteiger charge is 2.33. The van der Waals surface area contributed by atoms with Gasteiger partial charge in [-0.15, -0.1) is 5.10 Å². The third kappa shape index (κ3) is 1.42. The summed E-state index contributed by atoms with van der Waals surface area (Å²) in [4.78, 5) is 11.9. The summed E-state index contributed by atoms with van der Waals surface area (Å²) in [6.07, 6.45) is 1.45. The Morgan fingerprint density at radius 3 is 3.00 bits per heavy atom. The van der Waals surface area contributed by atoms with Gasteiger partial charge < -0.3 is 10.5 Å². The summed E-state index contributed by atoms with van der Waals surface area (Å²) in [7, 11) is 1.68. The van der Waals surface area contributed by atoms with Crippen LogP contribution in [0.4, 0.5) is 0 Å². The molecule has 0 aromatic carbocycles. The smallest absolute Gasteiger partial charge is 0.189 e. The lowest BCUT2D eigenvalue weighted by Gasteiger charge is -2.10. The standard InChI is InChI=1S/C8H12N4O2/c1-12-7(2-10-11-12)8(13)5-3-14-4-6(5)9/h2,5-6H,3-4,9H2,1H3. The fourth-order valence-corrected chi connectivity index (χ4v) is 1.54. The zero-order chi connectivity index (χ0) is 10.1. The minimum Gasteiger partial charge on any atom is -0.379 e. The number of aromatic nitrogens is 3. The van der Waals surface area contributed by atoms with Gasteiger partial charge in [0.25, 0.3) is 0 Å². The molecule has 0 aliphatic carbocycles. The second-order valence-corrected chi connectivity index (χ2v) is 3.41. The van der Waals surface area contributed by atoms with Crippen molar-refractivity contribution in [1.29, 1.82) is 0 Å². The molecule has 0 bridgehead atoms. The molecule has 76 valence electrons. The van der Waals surface area contributed by atoms with E-state index in [2.05, 4.69) is 10.3 Å². The van der Waals surface area contributed by atoms with Crippen molar-refractivity contribution >= 4 is 5.78 Å². The van der Waals surface area contributed by atoms with Crippen LogP contribution in [-0.2, 0) is 11.8 Å². The van der Waals surface area contributed by atoms with Gasteiger partial charge in [-0.05, 0) is 0 Å². The number of ketones is 1. The number of rotatable bonds is 2. The number of hydrogen-bond acceptors (Lipinski definition) is 5. The Bertz CT molecular complexity index is 349. The van der Waals surface area contributed by atoms with Crippen molar-refractivity contribution < 1.29 is 9.53 Å². The van der Waals surface area contributed by atoms with Crippen LogP contribution < -0.4 is 5.73 Å². The molecule has 1 fully saturated rings. The monoisotopic (exact) mass is 196 g/mol. The normalized spacial score (nSPS) is 26.7. The second kappa shape index (κ2) is 3.47. The molecule has 2 atom stereocenters. The van der Waals surface area contributed by atoms with E-state index in [9.17, 15) is 4.79 Å². The molecule has 1 aromatic rings. The Hall–Kier alpha value is -1.27. The van der Waals surface area contributed by atoms with Crippen LogP contribution in [0, 0.1) is 5.92 Å².